The highest BCUT2D eigenvalue weighted by Gasteiger charge is 2.10. The average molecular weight is 143 g/mol. The van der Waals surface area contributed by atoms with Crippen molar-refractivity contribution in [3.05, 3.63) is 23.3 Å². The van der Waals surface area contributed by atoms with Crippen molar-refractivity contribution in [2.75, 3.05) is 0 Å². The number of rotatable bonds is 1. The largest absolute Gasteiger partial charge is 0.276 e. The van der Waals surface area contributed by atoms with Gasteiger partial charge in [0.25, 0.3) is 0 Å². The number of halogens is 1. The lowest BCUT2D eigenvalue weighted by Gasteiger charge is -1.92. The fourth-order valence-corrected chi connectivity index (χ4v) is 1.08. The van der Waals surface area contributed by atoms with E-state index in [1.165, 1.54) is 0 Å². The van der Waals surface area contributed by atoms with E-state index < -0.39 is 0 Å². The summed E-state index contributed by atoms with van der Waals surface area (Å²) < 4.78 is 0. The standard InChI is InChI=1S/C7H7ClO/c1-5-3-2-4-6(5)7(8)9/h2-3H,4H2,1H3. The molecular weight excluding hydrogens is 136 g/mol. The minimum atomic E-state index is -0.322. The maximum absolute atomic E-state index is 10.5. The first-order chi connectivity index (χ1) is 4.22. The van der Waals surface area contributed by atoms with Gasteiger partial charge in [-0.1, -0.05) is 12.2 Å². The summed E-state index contributed by atoms with van der Waals surface area (Å²) in [5.41, 5.74) is 1.73. The molecule has 0 aromatic carbocycles. The van der Waals surface area contributed by atoms with Crippen molar-refractivity contribution in [3.8, 4) is 0 Å². The van der Waals surface area contributed by atoms with Crippen LogP contribution in [0.15, 0.2) is 23.3 Å². The monoisotopic (exact) mass is 142 g/mol. The zero-order chi connectivity index (χ0) is 6.85. The van der Waals surface area contributed by atoms with Crippen molar-refractivity contribution in [2.45, 2.75) is 13.3 Å². The van der Waals surface area contributed by atoms with E-state index in [9.17, 15) is 4.79 Å². The summed E-state index contributed by atoms with van der Waals surface area (Å²) in [6.45, 7) is 1.89. The third-order valence-electron chi connectivity index (χ3n) is 1.40. The molecule has 1 rings (SSSR count). The van der Waals surface area contributed by atoms with Crippen molar-refractivity contribution < 1.29 is 4.79 Å². The number of carbonyl (C=O) groups excluding carboxylic acids is 1. The molecule has 0 unspecified atom stereocenters. The molecule has 0 N–H and O–H groups in total. The van der Waals surface area contributed by atoms with Crippen LogP contribution in [0.3, 0.4) is 0 Å². The summed E-state index contributed by atoms with van der Waals surface area (Å²) in [6, 6.07) is 0. The number of hydrogen-bond acceptors (Lipinski definition) is 1. The quantitative estimate of drug-likeness (QED) is 0.512. The summed E-state index contributed by atoms with van der Waals surface area (Å²) in [5, 5.41) is -0.322. The van der Waals surface area contributed by atoms with Gasteiger partial charge in [0, 0.05) is 5.57 Å². The van der Waals surface area contributed by atoms with E-state index >= 15 is 0 Å². The molecule has 0 saturated carbocycles. The van der Waals surface area contributed by atoms with Gasteiger partial charge in [0.2, 0.25) is 5.24 Å². The van der Waals surface area contributed by atoms with Crippen molar-refractivity contribution in [1.82, 2.24) is 0 Å². The van der Waals surface area contributed by atoms with Gasteiger partial charge in [-0.3, -0.25) is 4.79 Å². The van der Waals surface area contributed by atoms with Gasteiger partial charge in [-0.2, -0.15) is 0 Å². The Balaban J connectivity index is 2.85. The summed E-state index contributed by atoms with van der Waals surface area (Å²) in [6.07, 6.45) is 4.55. The minimum absolute atomic E-state index is 0.322. The molecule has 2 heteroatoms. The first kappa shape index (κ1) is 6.56. The highest BCUT2D eigenvalue weighted by molar-refractivity contribution is 6.67. The van der Waals surface area contributed by atoms with Crippen LogP contribution in [0, 0.1) is 0 Å². The first-order valence-electron chi connectivity index (χ1n) is 2.78. The maximum atomic E-state index is 10.5. The lowest BCUT2D eigenvalue weighted by molar-refractivity contribution is -0.108. The molecule has 0 bridgehead atoms. The second-order valence-corrected chi connectivity index (χ2v) is 2.39. The number of hydrogen-bond donors (Lipinski definition) is 0. The van der Waals surface area contributed by atoms with Gasteiger partial charge in [0.15, 0.2) is 0 Å². The molecule has 0 amide bonds. The number of carbonyl (C=O) groups is 1. The third kappa shape index (κ3) is 1.22. The van der Waals surface area contributed by atoms with E-state index in [4.69, 9.17) is 11.6 Å². The molecule has 0 spiro atoms. The fraction of sp³-hybridized carbons (Fsp3) is 0.286. The first-order valence-corrected chi connectivity index (χ1v) is 3.15. The normalized spacial score (nSPS) is 17.1. The van der Waals surface area contributed by atoms with Crippen LogP contribution in [0.5, 0.6) is 0 Å². The van der Waals surface area contributed by atoms with Crippen LogP contribution in [0.4, 0.5) is 0 Å². The van der Waals surface area contributed by atoms with E-state index in [-0.39, 0.29) is 5.24 Å². The molecule has 1 aliphatic rings. The Labute approximate surface area is 59.0 Å². The van der Waals surface area contributed by atoms with E-state index in [0.717, 1.165) is 11.1 Å². The minimum Gasteiger partial charge on any atom is -0.276 e. The molecule has 0 heterocycles. The van der Waals surface area contributed by atoms with Gasteiger partial charge in [0.1, 0.15) is 0 Å². The van der Waals surface area contributed by atoms with Gasteiger partial charge in [-0.25, -0.2) is 0 Å². The van der Waals surface area contributed by atoms with Gasteiger partial charge >= 0.3 is 0 Å². The van der Waals surface area contributed by atoms with Crippen LogP contribution in [0.2, 0.25) is 0 Å². The van der Waals surface area contributed by atoms with Gasteiger partial charge in [-0.15, -0.1) is 0 Å². The molecule has 0 saturated heterocycles. The SMILES string of the molecule is CC1=C(C(=O)Cl)CC=C1. The lowest BCUT2D eigenvalue weighted by Crippen LogP contribution is -1.90. The van der Waals surface area contributed by atoms with Gasteiger partial charge < -0.3 is 0 Å². The third-order valence-corrected chi connectivity index (χ3v) is 1.63. The summed E-state index contributed by atoms with van der Waals surface area (Å²) in [7, 11) is 0. The topological polar surface area (TPSA) is 17.1 Å². The van der Waals surface area contributed by atoms with Gasteiger partial charge in [0.05, 0.1) is 0 Å². The molecule has 0 atom stereocenters. The Morgan fingerprint density at radius 3 is 2.67 bits per heavy atom. The van der Waals surface area contributed by atoms with Crippen LogP contribution in [-0.2, 0) is 4.79 Å². The van der Waals surface area contributed by atoms with Crippen molar-refractivity contribution in [3.63, 3.8) is 0 Å². The van der Waals surface area contributed by atoms with E-state index in [1.54, 1.807) is 0 Å². The highest BCUT2D eigenvalue weighted by atomic mass is 35.5. The van der Waals surface area contributed by atoms with Gasteiger partial charge in [-0.05, 0) is 30.5 Å². The fourth-order valence-electron chi connectivity index (χ4n) is 0.850. The van der Waals surface area contributed by atoms with Crippen LogP contribution in [0.1, 0.15) is 13.3 Å². The zero-order valence-electron chi connectivity index (χ0n) is 5.15. The van der Waals surface area contributed by atoms with Crippen LogP contribution in [-0.4, -0.2) is 5.24 Å². The van der Waals surface area contributed by atoms with E-state index in [2.05, 4.69) is 0 Å². The van der Waals surface area contributed by atoms with Crippen LogP contribution >= 0.6 is 11.6 Å². The summed E-state index contributed by atoms with van der Waals surface area (Å²) >= 11 is 5.24. The van der Waals surface area contributed by atoms with Crippen molar-refractivity contribution in [2.24, 2.45) is 0 Å². The molecule has 0 aliphatic heterocycles. The summed E-state index contributed by atoms with van der Waals surface area (Å²) in [5.74, 6) is 0. The molecular formula is C7H7ClO. The Hall–Kier alpha value is -0.560. The molecule has 0 radical (unpaired) electrons. The smallest absolute Gasteiger partial charge is 0.248 e. The zero-order valence-corrected chi connectivity index (χ0v) is 5.90. The van der Waals surface area contributed by atoms with E-state index in [1.807, 2.05) is 19.1 Å². The molecule has 9 heavy (non-hydrogen) atoms. The highest BCUT2D eigenvalue weighted by Crippen LogP contribution is 2.19. The maximum Gasteiger partial charge on any atom is 0.248 e. The van der Waals surface area contributed by atoms with Crippen LogP contribution in [0.25, 0.3) is 0 Å². The molecule has 1 aliphatic carbocycles. The predicted octanol–water partition coefficient (Wildman–Crippen LogP) is 2.03. The van der Waals surface area contributed by atoms with Crippen LogP contribution < -0.4 is 0 Å². The average Bonchev–Trinajstić information content (AvgIpc) is 2.13. The number of allylic oxidation sites excluding steroid dienone is 4. The molecule has 1 nitrogen and oxygen atoms in total. The van der Waals surface area contributed by atoms with E-state index in [0.29, 0.717) is 6.42 Å². The predicted molar refractivity (Wildman–Crippen MR) is 37.3 cm³/mol. The second kappa shape index (κ2) is 2.36. The molecule has 0 aromatic rings. The van der Waals surface area contributed by atoms with Crippen molar-refractivity contribution in [1.29, 1.82) is 0 Å². The van der Waals surface area contributed by atoms with Crippen molar-refractivity contribution >= 4 is 16.8 Å². The Kier molecular flexibility index (Phi) is 1.72. The Morgan fingerprint density at radius 2 is 2.44 bits per heavy atom. The lowest BCUT2D eigenvalue weighted by atomic mass is 10.2. The second-order valence-electron chi connectivity index (χ2n) is 2.04. The molecule has 0 aromatic heterocycles. The Morgan fingerprint density at radius 1 is 1.78 bits per heavy atom. The summed E-state index contributed by atoms with van der Waals surface area (Å²) in [4.78, 5) is 10.5. The molecule has 0 fully saturated rings. The Bertz CT molecular complexity index is 201. The molecule has 48 valence electrons.